The van der Waals surface area contributed by atoms with Crippen LogP contribution in [-0.2, 0) is 0 Å². The lowest BCUT2D eigenvalue weighted by Gasteiger charge is -2.20. The summed E-state index contributed by atoms with van der Waals surface area (Å²) in [6.07, 6.45) is 0. The third kappa shape index (κ3) is 2.84. The average molecular weight is 400 g/mol. The quantitative estimate of drug-likeness (QED) is 0.519. The van der Waals surface area contributed by atoms with Gasteiger partial charge in [0.25, 0.3) is 0 Å². The Balaban J connectivity index is 2.62. The minimum absolute atomic E-state index is 0.130. The molecule has 0 fully saturated rings. The molecule has 0 aromatic heterocycles. The van der Waals surface area contributed by atoms with Gasteiger partial charge < -0.3 is 0 Å². The summed E-state index contributed by atoms with van der Waals surface area (Å²) in [7, 11) is 0. The minimum Gasteiger partial charge on any atom is -0.207 e. The fraction of sp³-hybridized carbons (Fsp3) is 0.294. The van der Waals surface area contributed by atoms with Crippen molar-refractivity contribution in [2.24, 2.45) is 0 Å². The Labute approximate surface area is 136 Å². The predicted molar refractivity (Wildman–Crippen MR) is 90.3 cm³/mol. The highest BCUT2D eigenvalue weighted by Gasteiger charge is 2.20. The first-order valence-corrected chi connectivity index (χ1v) is 8.20. The van der Waals surface area contributed by atoms with E-state index in [-0.39, 0.29) is 10.6 Å². The lowest BCUT2D eigenvalue weighted by Crippen LogP contribution is -2.04. The highest BCUT2D eigenvalue weighted by molar-refractivity contribution is 9.10. The number of halogens is 3. The maximum Gasteiger partial charge on any atom is 0.129 e. The van der Waals surface area contributed by atoms with E-state index in [0.29, 0.717) is 5.56 Å². The second-order valence-electron chi connectivity index (χ2n) is 5.20. The first kappa shape index (κ1) is 15.7. The van der Waals surface area contributed by atoms with E-state index in [1.807, 2.05) is 12.1 Å². The van der Waals surface area contributed by atoms with Crippen molar-refractivity contribution >= 4 is 31.9 Å². The van der Waals surface area contributed by atoms with Crippen molar-refractivity contribution in [2.75, 3.05) is 0 Å². The zero-order valence-corrected chi connectivity index (χ0v) is 15.2. The van der Waals surface area contributed by atoms with Gasteiger partial charge in [-0.05, 0) is 67.6 Å². The monoisotopic (exact) mass is 398 g/mol. The molecular formula is C17H17Br2F. The molecule has 0 amide bonds. The molecule has 2 aromatic carbocycles. The van der Waals surface area contributed by atoms with E-state index < -0.39 is 0 Å². The molecule has 0 aliphatic carbocycles. The van der Waals surface area contributed by atoms with Crippen LogP contribution in [0.4, 0.5) is 4.39 Å². The molecule has 0 saturated heterocycles. The van der Waals surface area contributed by atoms with Crippen molar-refractivity contribution in [3.05, 3.63) is 67.9 Å². The molecule has 20 heavy (non-hydrogen) atoms. The molecule has 0 heterocycles. The Bertz CT molecular complexity index is 636. The molecule has 2 rings (SSSR count). The van der Waals surface area contributed by atoms with Crippen LogP contribution in [0.2, 0.25) is 0 Å². The third-order valence-corrected chi connectivity index (χ3v) is 5.36. The smallest absolute Gasteiger partial charge is 0.129 e. The largest absolute Gasteiger partial charge is 0.207 e. The first-order chi connectivity index (χ1) is 9.32. The molecule has 0 N–H and O–H groups in total. The topological polar surface area (TPSA) is 0 Å². The van der Waals surface area contributed by atoms with Gasteiger partial charge >= 0.3 is 0 Å². The summed E-state index contributed by atoms with van der Waals surface area (Å²) in [4.78, 5) is -0.130. The van der Waals surface area contributed by atoms with Gasteiger partial charge in [0, 0.05) is 10.0 Å². The van der Waals surface area contributed by atoms with Crippen molar-refractivity contribution < 1.29 is 4.39 Å². The second kappa shape index (κ2) is 5.98. The van der Waals surface area contributed by atoms with Crippen LogP contribution in [0.3, 0.4) is 0 Å². The summed E-state index contributed by atoms with van der Waals surface area (Å²) in [6, 6.07) is 7.40. The molecule has 106 valence electrons. The SMILES string of the molecule is Cc1cc(C)c(C)c(C(Br)c2ccc(Br)cc2F)c1C. The minimum atomic E-state index is -0.195. The molecule has 3 heteroatoms. The van der Waals surface area contributed by atoms with Crippen LogP contribution in [0.15, 0.2) is 28.7 Å². The number of rotatable bonds is 2. The van der Waals surface area contributed by atoms with Gasteiger partial charge in [0.05, 0.1) is 4.83 Å². The van der Waals surface area contributed by atoms with Crippen molar-refractivity contribution in [2.45, 2.75) is 32.5 Å². The van der Waals surface area contributed by atoms with Gasteiger partial charge in [-0.1, -0.05) is 44.0 Å². The van der Waals surface area contributed by atoms with Crippen molar-refractivity contribution in [3.8, 4) is 0 Å². The fourth-order valence-corrected chi connectivity index (χ4v) is 3.88. The van der Waals surface area contributed by atoms with Gasteiger partial charge in [-0.25, -0.2) is 4.39 Å². The lowest BCUT2D eigenvalue weighted by molar-refractivity contribution is 0.612. The van der Waals surface area contributed by atoms with E-state index in [4.69, 9.17) is 0 Å². The lowest BCUT2D eigenvalue weighted by atomic mass is 9.90. The molecule has 0 saturated carbocycles. The predicted octanol–water partition coefficient (Wildman–Crippen LogP) is 6.31. The number of hydrogen-bond donors (Lipinski definition) is 0. The Kier molecular flexibility index (Phi) is 4.70. The second-order valence-corrected chi connectivity index (χ2v) is 7.03. The van der Waals surface area contributed by atoms with Crippen LogP contribution in [-0.4, -0.2) is 0 Å². The third-order valence-electron chi connectivity index (χ3n) is 3.91. The fourth-order valence-electron chi connectivity index (χ4n) is 2.49. The van der Waals surface area contributed by atoms with Gasteiger partial charge in [-0.3, -0.25) is 0 Å². The van der Waals surface area contributed by atoms with E-state index in [1.54, 1.807) is 0 Å². The van der Waals surface area contributed by atoms with Crippen LogP contribution >= 0.6 is 31.9 Å². The van der Waals surface area contributed by atoms with E-state index in [1.165, 1.54) is 33.9 Å². The molecule has 0 aliphatic heterocycles. The van der Waals surface area contributed by atoms with E-state index in [2.05, 4.69) is 65.6 Å². The van der Waals surface area contributed by atoms with E-state index in [9.17, 15) is 4.39 Å². The molecule has 1 unspecified atom stereocenters. The first-order valence-electron chi connectivity index (χ1n) is 6.49. The molecule has 1 atom stereocenters. The van der Waals surface area contributed by atoms with Gasteiger partial charge in [-0.2, -0.15) is 0 Å². The number of benzene rings is 2. The molecule has 0 aliphatic rings. The van der Waals surface area contributed by atoms with Crippen LogP contribution in [0, 0.1) is 33.5 Å². The highest BCUT2D eigenvalue weighted by atomic mass is 79.9. The summed E-state index contributed by atoms with van der Waals surface area (Å²) in [5.74, 6) is -0.195. The van der Waals surface area contributed by atoms with Gasteiger partial charge in [0.15, 0.2) is 0 Å². The number of alkyl halides is 1. The van der Waals surface area contributed by atoms with E-state index in [0.717, 1.165) is 4.47 Å². The molecule has 0 spiro atoms. The van der Waals surface area contributed by atoms with Gasteiger partial charge in [0.2, 0.25) is 0 Å². The summed E-state index contributed by atoms with van der Waals surface area (Å²) in [5.41, 5.74) is 6.76. The average Bonchev–Trinajstić information content (AvgIpc) is 2.36. The van der Waals surface area contributed by atoms with Crippen LogP contribution in [0.1, 0.15) is 38.2 Å². The maximum absolute atomic E-state index is 14.2. The maximum atomic E-state index is 14.2. The van der Waals surface area contributed by atoms with E-state index >= 15 is 0 Å². The molecule has 0 bridgehead atoms. The van der Waals surface area contributed by atoms with Crippen LogP contribution in [0.5, 0.6) is 0 Å². The Morgan fingerprint density at radius 2 is 1.50 bits per heavy atom. The Hall–Kier alpha value is -0.670. The highest BCUT2D eigenvalue weighted by Crippen LogP contribution is 2.38. The molecule has 2 aromatic rings. The van der Waals surface area contributed by atoms with Crippen molar-refractivity contribution in [3.63, 3.8) is 0 Å². The summed E-state index contributed by atoms with van der Waals surface area (Å²) in [6.45, 7) is 8.40. The Morgan fingerprint density at radius 3 is 2.00 bits per heavy atom. The number of hydrogen-bond acceptors (Lipinski definition) is 0. The zero-order chi connectivity index (χ0) is 15.0. The van der Waals surface area contributed by atoms with Crippen LogP contribution in [0.25, 0.3) is 0 Å². The molecule has 0 radical (unpaired) electrons. The molecule has 0 nitrogen and oxygen atoms in total. The zero-order valence-electron chi connectivity index (χ0n) is 12.0. The molecular weight excluding hydrogens is 383 g/mol. The normalized spacial score (nSPS) is 12.6. The van der Waals surface area contributed by atoms with Crippen molar-refractivity contribution in [1.29, 1.82) is 0 Å². The van der Waals surface area contributed by atoms with Crippen molar-refractivity contribution in [1.82, 2.24) is 0 Å². The summed E-state index contributed by atoms with van der Waals surface area (Å²) < 4.78 is 14.9. The van der Waals surface area contributed by atoms with Gasteiger partial charge in [0.1, 0.15) is 5.82 Å². The van der Waals surface area contributed by atoms with Crippen LogP contribution < -0.4 is 0 Å². The number of aryl methyl sites for hydroxylation is 2. The van der Waals surface area contributed by atoms with Gasteiger partial charge in [-0.15, -0.1) is 0 Å². The summed E-state index contributed by atoms with van der Waals surface area (Å²) in [5, 5.41) is 0. The Morgan fingerprint density at radius 1 is 0.950 bits per heavy atom. The standard InChI is InChI=1S/C17H17Br2F/c1-9-7-10(2)12(4)16(11(9)3)17(19)14-6-5-13(18)8-15(14)20/h5-8,17H,1-4H3. The summed E-state index contributed by atoms with van der Waals surface area (Å²) >= 11 is 6.98.